The summed E-state index contributed by atoms with van der Waals surface area (Å²) in [4.78, 5) is 17.4. The van der Waals surface area contributed by atoms with Crippen LogP contribution in [0.15, 0.2) is 60.8 Å². The van der Waals surface area contributed by atoms with Crippen molar-refractivity contribution in [3.05, 3.63) is 72.1 Å². The highest BCUT2D eigenvalue weighted by Gasteiger charge is 2.28. The quantitative estimate of drug-likeness (QED) is 0.743. The molecule has 4 nitrogen and oxygen atoms in total. The van der Waals surface area contributed by atoms with Crippen molar-refractivity contribution in [1.29, 1.82) is 0 Å². The molecule has 0 bridgehead atoms. The maximum atomic E-state index is 12.9. The van der Waals surface area contributed by atoms with Gasteiger partial charge in [-0.15, -0.1) is 0 Å². The van der Waals surface area contributed by atoms with Gasteiger partial charge in [-0.2, -0.15) is 0 Å². The average molecular weight is 389 g/mol. The Bertz CT molecular complexity index is 909. The number of fused-ring (bicyclic) bond motifs is 1. The van der Waals surface area contributed by atoms with E-state index < -0.39 is 6.10 Å². The molecule has 1 heterocycles. The van der Waals surface area contributed by atoms with Crippen molar-refractivity contribution < 1.29 is 9.90 Å². The fourth-order valence-corrected chi connectivity index (χ4v) is 4.41. The Labute approximate surface area is 172 Å². The van der Waals surface area contributed by atoms with Crippen molar-refractivity contribution in [3.63, 3.8) is 0 Å². The molecule has 2 aromatic rings. The molecule has 4 heteroatoms. The van der Waals surface area contributed by atoms with Crippen LogP contribution in [0.3, 0.4) is 0 Å². The highest BCUT2D eigenvalue weighted by atomic mass is 16.3. The number of aromatic nitrogens is 1. The van der Waals surface area contributed by atoms with Gasteiger partial charge in [0.05, 0.1) is 23.7 Å². The van der Waals surface area contributed by atoms with Crippen molar-refractivity contribution in [3.8, 4) is 11.1 Å². The predicted octanol–water partition coefficient (Wildman–Crippen LogP) is 5.37. The molecule has 0 spiro atoms. The standard InChI is InChI=1S/C25H28N2O2/c28-22-16-15-20-23(18-11-7-4-2-1-3-5-8-12-18)21(17-26-24(20)22)27-25(29)19-13-9-6-10-14-19/h1-5,7-8,11-12,17,19,22,28H,6,9-10,13-16H2,(H,27,29). The van der Waals surface area contributed by atoms with E-state index in [0.29, 0.717) is 6.42 Å². The summed E-state index contributed by atoms with van der Waals surface area (Å²) in [7, 11) is 0. The number of pyridine rings is 1. The Morgan fingerprint density at radius 1 is 0.931 bits per heavy atom. The van der Waals surface area contributed by atoms with Crippen LogP contribution in [0.5, 0.6) is 0 Å². The minimum absolute atomic E-state index is 0.0805. The lowest BCUT2D eigenvalue weighted by molar-refractivity contribution is -0.120. The van der Waals surface area contributed by atoms with Crippen LogP contribution in [0.1, 0.15) is 55.9 Å². The fourth-order valence-electron chi connectivity index (χ4n) is 4.41. The van der Waals surface area contributed by atoms with Gasteiger partial charge in [0.1, 0.15) is 0 Å². The third kappa shape index (κ3) is 4.48. The van der Waals surface area contributed by atoms with Gasteiger partial charge in [-0.3, -0.25) is 9.78 Å². The first-order chi connectivity index (χ1) is 14.2. The molecular formula is C25H28N2O2. The number of hydrogen-bond acceptors (Lipinski definition) is 3. The zero-order chi connectivity index (χ0) is 20.1. The van der Waals surface area contributed by atoms with Gasteiger partial charge in [0.2, 0.25) is 5.91 Å². The molecule has 1 fully saturated rings. The van der Waals surface area contributed by atoms with E-state index in [1.165, 1.54) is 6.42 Å². The topological polar surface area (TPSA) is 62.2 Å². The van der Waals surface area contributed by atoms with Crippen molar-refractivity contribution >= 4 is 11.6 Å². The van der Waals surface area contributed by atoms with Crippen LogP contribution in [0.4, 0.5) is 5.69 Å². The first-order valence-corrected chi connectivity index (χ1v) is 10.6. The van der Waals surface area contributed by atoms with Gasteiger partial charge in [-0.25, -0.2) is 0 Å². The van der Waals surface area contributed by atoms with Crippen LogP contribution in [0, 0.1) is 5.92 Å². The molecule has 150 valence electrons. The van der Waals surface area contributed by atoms with Crippen LogP contribution in [-0.4, -0.2) is 16.0 Å². The lowest BCUT2D eigenvalue weighted by Crippen LogP contribution is -2.25. The third-order valence-electron chi connectivity index (χ3n) is 5.94. The minimum atomic E-state index is -0.533. The van der Waals surface area contributed by atoms with Gasteiger partial charge in [0.25, 0.3) is 0 Å². The van der Waals surface area contributed by atoms with Gasteiger partial charge in [0, 0.05) is 11.5 Å². The summed E-state index contributed by atoms with van der Waals surface area (Å²) in [5.74, 6) is 0.172. The lowest BCUT2D eigenvalue weighted by Gasteiger charge is -2.22. The maximum Gasteiger partial charge on any atom is 0.227 e. The summed E-state index contributed by atoms with van der Waals surface area (Å²) in [6.07, 6.45) is 8.00. The normalized spacial score (nSPS) is 18.6. The van der Waals surface area contributed by atoms with Gasteiger partial charge in [-0.1, -0.05) is 73.9 Å². The highest BCUT2D eigenvalue weighted by Crippen LogP contribution is 2.40. The van der Waals surface area contributed by atoms with Gasteiger partial charge in [0.15, 0.2) is 0 Å². The number of aliphatic hydroxyl groups excluding tert-OH is 1. The number of hydrogen-bond donors (Lipinski definition) is 2. The zero-order valence-electron chi connectivity index (χ0n) is 16.7. The summed E-state index contributed by atoms with van der Waals surface area (Å²) in [5, 5.41) is 13.5. The molecule has 0 aliphatic heterocycles. The Hall–Kier alpha value is -2.72. The molecule has 29 heavy (non-hydrogen) atoms. The number of nitrogens with one attached hydrogen (secondary N) is 1. The maximum absolute atomic E-state index is 12.9. The first kappa shape index (κ1) is 19.6. The molecular weight excluding hydrogens is 360 g/mol. The summed E-state index contributed by atoms with van der Waals surface area (Å²) in [6.45, 7) is 0. The average Bonchev–Trinajstić information content (AvgIpc) is 3.13. The molecule has 2 N–H and O–H groups in total. The van der Waals surface area contributed by atoms with E-state index in [1.54, 1.807) is 6.20 Å². The highest BCUT2D eigenvalue weighted by molar-refractivity contribution is 5.97. The zero-order valence-corrected chi connectivity index (χ0v) is 16.7. The van der Waals surface area contributed by atoms with Crippen LogP contribution in [0.25, 0.3) is 11.1 Å². The van der Waals surface area contributed by atoms with E-state index in [1.807, 2.05) is 42.5 Å². The molecule has 1 saturated carbocycles. The number of carbonyl (C=O) groups excluding carboxylic acids is 1. The van der Waals surface area contributed by atoms with Crippen molar-refractivity contribution in [1.82, 2.24) is 4.98 Å². The Morgan fingerprint density at radius 2 is 1.59 bits per heavy atom. The lowest BCUT2D eigenvalue weighted by atomic mass is 9.88. The summed E-state index contributed by atoms with van der Waals surface area (Å²) >= 11 is 0. The van der Waals surface area contributed by atoms with E-state index in [4.69, 9.17) is 0 Å². The second-order valence-corrected chi connectivity index (χ2v) is 7.93. The Morgan fingerprint density at radius 3 is 2.28 bits per heavy atom. The Balaban J connectivity index is 1.78. The van der Waals surface area contributed by atoms with Crippen LogP contribution >= 0.6 is 0 Å². The van der Waals surface area contributed by atoms with E-state index in [2.05, 4.69) is 22.4 Å². The summed E-state index contributed by atoms with van der Waals surface area (Å²) in [5.41, 5.74) is 4.51. The second-order valence-electron chi connectivity index (χ2n) is 7.93. The molecule has 1 unspecified atom stereocenters. The van der Waals surface area contributed by atoms with E-state index in [-0.39, 0.29) is 11.8 Å². The monoisotopic (exact) mass is 388 g/mol. The molecule has 2 aliphatic carbocycles. The summed E-state index contributed by atoms with van der Waals surface area (Å²) in [6, 6.07) is 18.0. The molecule has 1 aromatic carbocycles. The molecule has 1 atom stereocenters. The molecule has 4 rings (SSSR count). The van der Waals surface area contributed by atoms with Crippen LogP contribution in [-0.2, 0) is 11.2 Å². The molecule has 1 aromatic heterocycles. The number of amides is 1. The first-order valence-electron chi connectivity index (χ1n) is 10.6. The van der Waals surface area contributed by atoms with Gasteiger partial charge in [-0.05, 0) is 36.8 Å². The van der Waals surface area contributed by atoms with Crippen LogP contribution < -0.4 is 5.32 Å². The predicted molar refractivity (Wildman–Crippen MR) is 116 cm³/mol. The number of aliphatic hydroxyl groups is 1. The Kier molecular flexibility index (Phi) is 6.20. The number of rotatable bonds is 3. The van der Waals surface area contributed by atoms with Gasteiger partial charge >= 0.3 is 0 Å². The van der Waals surface area contributed by atoms with Gasteiger partial charge < -0.3 is 10.4 Å². The summed E-state index contributed by atoms with van der Waals surface area (Å²) < 4.78 is 0. The van der Waals surface area contributed by atoms with Crippen LogP contribution in [0.2, 0.25) is 0 Å². The second kappa shape index (κ2) is 9.19. The smallest absolute Gasteiger partial charge is 0.227 e. The minimum Gasteiger partial charge on any atom is -0.387 e. The van der Waals surface area contributed by atoms with Crippen molar-refractivity contribution in [2.75, 3.05) is 5.32 Å². The van der Waals surface area contributed by atoms with Crippen molar-refractivity contribution in [2.24, 2.45) is 5.92 Å². The molecule has 0 saturated heterocycles. The molecule has 2 aliphatic rings. The molecule has 1 amide bonds. The molecule has 0 radical (unpaired) electrons. The number of carbonyl (C=O) groups is 1. The van der Waals surface area contributed by atoms with Crippen molar-refractivity contribution in [2.45, 2.75) is 51.0 Å². The largest absolute Gasteiger partial charge is 0.387 e. The number of nitrogens with zero attached hydrogens (tertiary/aromatic N) is 1. The third-order valence-corrected chi connectivity index (χ3v) is 5.94. The fraction of sp³-hybridized carbons (Fsp3) is 0.360. The number of anilines is 1. The van der Waals surface area contributed by atoms with E-state index in [0.717, 1.165) is 60.2 Å². The SMILES string of the molecule is O=C(Nc1cnc2c(c1-c1ccccccccc1)CCC2O)C1CCCCC1. The van der Waals surface area contributed by atoms with E-state index in [9.17, 15) is 9.90 Å². The van der Waals surface area contributed by atoms with E-state index >= 15 is 0 Å².